The highest BCUT2D eigenvalue weighted by molar-refractivity contribution is 7.89. The number of sulfonamides is 1. The van der Waals surface area contributed by atoms with Crippen LogP contribution in [0, 0.1) is 0 Å². The number of hydrogen-bond acceptors (Lipinski definition) is 4. The van der Waals surface area contributed by atoms with E-state index in [1.165, 1.54) is 12.3 Å². The van der Waals surface area contributed by atoms with E-state index in [-0.39, 0.29) is 4.90 Å². The normalized spacial score (nSPS) is 12.4. The van der Waals surface area contributed by atoms with Crippen LogP contribution in [-0.4, -0.2) is 25.5 Å². The van der Waals surface area contributed by atoms with Gasteiger partial charge in [-0.25, -0.2) is 18.1 Å². The Morgan fingerprint density at radius 2 is 1.89 bits per heavy atom. The van der Waals surface area contributed by atoms with Gasteiger partial charge in [-0.05, 0) is 32.8 Å². The number of nitrogens with zero attached hydrogens (tertiary/aromatic N) is 1. The summed E-state index contributed by atoms with van der Waals surface area (Å²) in [6.07, 6.45) is 2.99. The zero-order valence-corrected chi connectivity index (χ0v) is 12.8. The molecular weight excluding hydrogens is 262 g/mol. The summed E-state index contributed by atoms with van der Waals surface area (Å²) in [7, 11) is -3.51. The standard InChI is InChI=1S/C13H23N3O2S/c1-5-13(4,6-2)16-19(17,18)11-8-9-15-12(10-11)14-7-3/h8-10,16H,5-7H2,1-4H3,(H,14,15). The number of aromatic nitrogens is 1. The van der Waals surface area contributed by atoms with Crippen molar-refractivity contribution in [2.45, 2.75) is 51.0 Å². The quantitative estimate of drug-likeness (QED) is 0.807. The van der Waals surface area contributed by atoms with E-state index in [9.17, 15) is 8.42 Å². The molecule has 5 nitrogen and oxygen atoms in total. The van der Waals surface area contributed by atoms with Crippen LogP contribution < -0.4 is 10.0 Å². The van der Waals surface area contributed by atoms with Crippen molar-refractivity contribution in [3.8, 4) is 0 Å². The van der Waals surface area contributed by atoms with Crippen molar-refractivity contribution in [2.24, 2.45) is 0 Å². The predicted octanol–water partition coefficient (Wildman–Crippen LogP) is 2.37. The average molecular weight is 285 g/mol. The molecule has 1 aromatic rings. The third-order valence-corrected chi connectivity index (χ3v) is 4.98. The summed E-state index contributed by atoms with van der Waals surface area (Å²) >= 11 is 0. The van der Waals surface area contributed by atoms with Crippen LogP contribution in [0.15, 0.2) is 23.2 Å². The van der Waals surface area contributed by atoms with Crippen LogP contribution in [0.1, 0.15) is 40.5 Å². The highest BCUT2D eigenvalue weighted by atomic mass is 32.2. The van der Waals surface area contributed by atoms with Crippen molar-refractivity contribution in [3.05, 3.63) is 18.3 Å². The van der Waals surface area contributed by atoms with Gasteiger partial charge in [0.15, 0.2) is 0 Å². The van der Waals surface area contributed by atoms with Gasteiger partial charge in [-0.3, -0.25) is 0 Å². The maximum Gasteiger partial charge on any atom is 0.241 e. The van der Waals surface area contributed by atoms with Gasteiger partial charge < -0.3 is 5.32 Å². The van der Waals surface area contributed by atoms with E-state index in [1.807, 2.05) is 27.7 Å². The number of nitrogens with one attached hydrogen (secondary N) is 2. The summed E-state index contributed by atoms with van der Waals surface area (Å²) in [5.41, 5.74) is -0.416. The largest absolute Gasteiger partial charge is 0.370 e. The fourth-order valence-electron chi connectivity index (χ4n) is 1.63. The molecule has 0 bridgehead atoms. The molecular formula is C13H23N3O2S. The number of pyridine rings is 1. The van der Waals surface area contributed by atoms with Gasteiger partial charge >= 0.3 is 0 Å². The van der Waals surface area contributed by atoms with Gasteiger partial charge in [-0.1, -0.05) is 13.8 Å². The molecule has 1 aromatic heterocycles. The minimum Gasteiger partial charge on any atom is -0.370 e. The van der Waals surface area contributed by atoms with Crippen molar-refractivity contribution < 1.29 is 8.42 Å². The van der Waals surface area contributed by atoms with Crippen molar-refractivity contribution in [2.75, 3.05) is 11.9 Å². The van der Waals surface area contributed by atoms with Crippen molar-refractivity contribution in [3.63, 3.8) is 0 Å². The van der Waals surface area contributed by atoms with Gasteiger partial charge in [-0.2, -0.15) is 0 Å². The van der Waals surface area contributed by atoms with Crippen LogP contribution >= 0.6 is 0 Å². The zero-order chi connectivity index (χ0) is 14.5. The van der Waals surface area contributed by atoms with Crippen molar-refractivity contribution >= 4 is 15.8 Å². The molecule has 0 aromatic carbocycles. The van der Waals surface area contributed by atoms with E-state index >= 15 is 0 Å². The summed E-state index contributed by atoms with van der Waals surface area (Å²) in [6.45, 7) is 8.50. The second kappa shape index (κ2) is 6.34. The molecule has 0 radical (unpaired) electrons. The molecule has 0 aliphatic rings. The summed E-state index contributed by atoms with van der Waals surface area (Å²) in [5, 5.41) is 3.01. The molecule has 0 aliphatic carbocycles. The summed E-state index contributed by atoms with van der Waals surface area (Å²) < 4.78 is 27.5. The second-order valence-corrected chi connectivity index (χ2v) is 6.46. The smallest absolute Gasteiger partial charge is 0.241 e. The lowest BCUT2D eigenvalue weighted by atomic mass is 9.98. The van der Waals surface area contributed by atoms with E-state index in [0.29, 0.717) is 12.4 Å². The lowest BCUT2D eigenvalue weighted by Gasteiger charge is -2.27. The minimum absolute atomic E-state index is 0.242. The Morgan fingerprint density at radius 1 is 1.26 bits per heavy atom. The summed E-state index contributed by atoms with van der Waals surface area (Å²) in [5.74, 6) is 0.570. The third kappa shape index (κ3) is 4.18. The molecule has 19 heavy (non-hydrogen) atoms. The first-order valence-electron chi connectivity index (χ1n) is 6.60. The second-order valence-electron chi connectivity index (χ2n) is 4.78. The monoisotopic (exact) mass is 285 g/mol. The topological polar surface area (TPSA) is 71.1 Å². The Kier molecular flexibility index (Phi) is 5.31. The fourth-order valence-corrected chi connectivity index (χ4v) is 3.20. The Labute approximate surface area is 115 Å². The van der Waals surface area contributed by atoms with Gasteiger partial charge in [0.05, 0.1) is 4.90 Å². The maximum absolute atomic E-state index is 12.4. The first kappa shape index (κ1) is 15.9. The Bertz CT molecular complexity index is 510. The van der Waals surface area contributed by atoms with Crippen molar-refractivity contribution in [1.29, 1.82) is 0 Å². The molecule has 1 rings (SSSR count). The highest BCUT2D eigenvalue weighted by Crippen LogP contribution is 2.19. The fraction of sp³-hybridized carbons (Fsp3) is 0.615. The van der Waals surface area contributed by atoms with E-state index in [4.69, 9.17) is 0 Å². The number of rotatable bonds is 7. The van der Waals surface area contributed by atoms with Crippen LogP contribution in [0.3, 0.4) is 0 Å². The zero-order valence-electron chi connectivity index (χ0n) is 12.0. The SMILES string of the molecule is CCNc1cc(S(=O)(=O)NC(C)(CC)CC)ccn1. The molecule has 2 N–H and O–H groups in total. The molecule has 0 fully saturated rings. The van der Waals surface area contributed by atoms with Crippen LogP contribution in [0.4, 0.5) is 5.82 Å². The Morgan fingerprint density at radius 3 is 2.42 bits per heavy atom. The van der Waals surface area contributed by atoms with Gasteiger partial charge in [0.1, 0.15) is 5.82 Å². The van der Waals surface area contributed by atoms with E-state index in [2.05, 4.69) is 15.0 Å². The maximum atomic E-state index is 12.4. The van der Waals surface area contributed by atoms with Gasteiger partial charge in [0.25, 0.3) is 0 Å². The lowest BCUT2D eigenvalue weighted by molar-refractivity contribution is 0.388. The van der Waals surface area contributed by atoms with E-state index < -0.39 is 15.6 Å². The van der Waals surface area contributed by atoms with Crippen LogP contribution in [0.5, 0.6) is 0 Å². The molecule has 6 heteroatoms. The number of hydrogen-bond donors (Lipinski definition) is 2. The first-order valence-corrected chi connectivity index (χ1v) is 8.09. The van der Waals surface area contributed by atoms with Crippen LogP contribution in [0.2, 0.25) is 0 Å². The molecule has 0 saturated carbocycles. The minimum atomic E-state index is -3.51. The third-order valence-electron chi connectivity index (χ3n) is 3.34. The summed E-state index contributed by atoms with van der Waals surface area (Å²) in [4.78, 5) is 4.32. The van der Waals surface area contributed by atoms with Crippen LogP contribution in [0.25, 0.3) is 0 Å². The van der Waals surface area contributed by atoms with Crippen LogP contribution in [-0.2, 0) is 10.0 Å². The summed E-state index contributed by atoms with van der Waals surface area (Å²) in [6, 6.07) is 3.06. The molecule has 0 atom stereocenters. The molecule has 108 valence electrons. The van der Waals surface area contributed by atoms with E-state index in [1.54, 1.807) is 6.07 Å². The van der Waals surface area contributed by atoms with E-state index in [0.717, 1.165) is 12.8 Å². The molecule has 0 saturated heterocycles. The Balaban J connectivity index is 3.03. The number of anilines is 1. The first-order chi connectivity index (χ1) is 8.87. The highest BCUT2D eigenvalue weighted by Gasteiger charge is 2.27. The molecule has 0 unspecified atom stereocenters. The predicted molar refractivity (Wildman–Crippen MR) is 77.7 cm³/mol. The molecule has 0 spiro atoms. The molecule has 1 heterocycles. The lowest BCUT2D eigenvalue weighted by Crippen LogP contribution is -2.44. The van der Waals surface area contributed by atoms with Crippen molar-refractivity contribution in [1.82, 2.24) is 9.71 Å². The molecule has 0 amide bonds. The van der Waals surface area contributed by atoms with Gasteiger partial charge in [0, 0.05) is 24.3 Å². The van der Waals surface area contributed by atoms with Gasteiger partial charge in [-0.15, -0.1) is 0 Å². The van der Waals surface area contributed by atoms with Gasteiger partial charge in [0.2, 0.25) is 10.0 Å². The average Bonchev–Trinajstić information content (AvgIpc) is 2.39. The molecule has 0 aliphatic heterocycles. The Hall–Kier alpha value is -1.14.